The van der Waals surface area contributed by atoms with Crippen molar-refractivity contribution >= 4 is 16.9 Å². The lowest BCUT2D eigenvalue weighted by Gasteiger charge is -2.17. The number of rotatable bonds is 2. The van der Waals surface area contributed by atoms with Gasteiger partial charge >= 0.3 is 11.6 Å². The van der Waals surface area contributed by atoms with E-state index in [0.29, 0.717) is 16.9 Å². The molecule has 4 heteroatoms. The van der Waals surface area contributed by atoms with E-state index in [9.17, 15) is 9.59 Å². The Balaban J connectivity index is 1.77. The maximum atomic E-state index is 12.5. The highest BCUT2D eigenvalue weighted by Crippen LogP contribution is 2.32. The van der Waals surface area contributed by atoms with Gasteiger partial charge in [-0.3, -0.25) is 0 Å². The van der Waals surface area contributed by atoms with E-state index in [-0.39, 0.29) is 5.63 Å². The smallest absolute Gasteiger partial charge is 0.343 e. The van der Waals surface area contributed by atoms with Crippen LogP contribution in [-0.2, 0) is 12.8 Å². The molecule has 0 amide bonds. The standard InChI is InChI=1S/C22H20O4/c1-13-7-9-15(10-8-13)21(23)25-19-12-18-16-5-3-4-6-17(16)22(24)26-20(18)11-14(19)2/h7-12H,3-6H2,1-2H3. The lowest BCUT2D eigenvalue weighted by atomic mass is 9.90. The van der Waals surface area contributed by atoms with Crippen LogP contribution >= 0.6 is 0 Å². The van der Waals surface area contributed by atoms with Gasteiger partial charge in [0.2, 0.25) is 0 Å². The molecule has 26 heavy (non-hydrogen) atoms. The van der Waals surface area contributed by atoms with Crippen molar-refractivity contribution in [2.75, 3.05) is 0 Å². The van der Waals surface area contributed by atoms with Crippen molar-refractivity contribution in [2.45, 2.75) is 39.5 Å². The summed E-state index contributed by atoms with van der Waals surface area (Å²) in [5.41, 5.74) is 4.48. The lowest BCUT2D eigenvalue weighted by molar-refractivity contribution is 0.0733. The Labute approximate surface area is 151 Å². The number of carbonyl (C=O) groups excluding carboxylic acids is 1. The van der Waals surface area contributed by atoms with Gasteiger partial charge in [0.1, 0.15) is 11.3 Å². The molecule has 132 valence electrons. The van der Waals surface area contributed by atoms with E-state index in [1.54, 1.807) is 18.2 Å². The largest absolute Gasteiger partial charge is 0.423 e. The van der Waals surface area contributed by atoms with E-state index < -0.39 is 5.97 Å². The molecule has 4 nitrogen and oxygen atoms in total. The molecule has 2 aromatic carbocycles. The van der Waals surface area contributed by atoms with Gasteiger partial charge in [-0.2, -0.15) is 0 Å². The number of aryl methyl sites for hydroxylation is 3. The van der Waals surface area contributed by atoms with Crippen molar-refractivity contribution in [2.24, 2.45) is 0 Å². The van der Waals surface area contributed by atoms with E-state index >= 15 is 0 Å². The average Bonchev–Trinajstić information content (AvgIpc) is 2.64. The average molecular weight is 348 g/mol. The first-order chi connectivity index (χ1) is 12.5. The Morgan fingerprint density at radius 2 is 1.69 bits per heavy atom. The molecule has 0 unspecified atom stereocenters. The number of carbonyl (C=O) groups is 1. The van der Waals surface area contributed by atoms with Gasteiger partial charge in [-0.05, 0) is 74.9 Å². The first-order valence-corrected chi connectivity index (χ1v) is 8.91. The Hall–Kier alpha value is -2.88. The molecule has 0 radical (unpaired) electrons. The Morgan fingerprint density at radius 1 is 1.00 bits per heavy atom. The fourth-order valence-corrected chi connectivity index (χ4v) is 3.53. The maximum Gasteiger partial charge on any atom is 0.343 e. The number of fused-ring (bicyclic) bond motifs is 3. The van der Waals surface area contributed by atoms with Crippen molar-refractivity contribution in [1.29, 1.82) is 0 Å². The van der Waals surface area contributed by atoms with Crippen molar-refractivity contribution < 1.29 is 13.9 Å². The first kappa shape index (κ1) is 16.6. The zero-order valence-corrected chi connectivity index (χ0v) is 14.9. The predicted octanol–water partition coefficient (Wildman–Crippen LogP) is 4.51. The highest BCUT2D eigenvalue weighted by atomic mass is 16.5. The normalized spacial score (nSPS) is 13.5. The van der Waals surface area contributed by atoms with Crippen LogP contribution in [0.1, 0.15) is 45.5 Å². The van der Waals surface area contributed by atoms with Crippen molar-refractivity contribution in [3.8, 4) is 5.75 Å². The molecular formula is C22H20O4. The van der Waals surface area contributed by atoms with Gasteiger partial charge in [-0.1, -0.05) is 17.7 Å². The van der Waals surface area contributed by atoms with E-state index in [1.165, 1.54) is 0 Å². The highest BCUT2D eigenvalue weighted by Gasteiger charge is 2.20. The summed E-state index contributed by atoms with van der Waals surface area (Å²) in [4.78, 5) is 24.7. The predicted molar refractivity (Wildman–Crippen MR) is 100 cm³/mol. The quantitative estimate of drug-likeness (QED) is 0.388. The van der Waals surface area contributed by atoms with Gasteiger partial charge in [0.15, 0.2) is 0 Å². The molecule has 1 heterocycles. The fourth-order valence-electron chi connectivity index (χ4n) is 3.53. The molecule has 1 aromatic heterocycles. The summed E-state index contributed by atoms with van der Waals surface area (Å²) in [6.07, 6.45) is 3.66. The van der Waals surface area contributed by atoms with Crippen molar-refractivity contribution in [1.82, 2.24) is 0 Å². The van der Waals surface area contributed by atoms with Crippen LogP contribution in [0.4, 0.5) is 0 Å². The summed E-state index contributed by atoms with van der Waals surface area (Å²) in [7, 11) is 0. The van der Waals surface area contributed by atoms with Crippen molar-refractivity contribution in [3.63, 3.8) is 0 Å². The van der Waals surface area contributed by atoms with E-state index in [0.717, 1.165) is 53.3 Å². The number of hydrogen-bond acceptors (Lipinski definition) is 4. The monoisotopic (exact) mass is 348 g/mol. The van der Waals surface area contributed by atoms with Crippen LogP contribution in [0.3, 0.4) is 0 Å². The molecule has 0 saturated heterocycles. The summed E-state index contributed by atoms with van der Waals surface area (Å²) in [5.74, 6) is 0.114. The minimum atomic E-state index is -0.390. The second-order valence-corrected chi connectivity index (χ2v) is 6.92. The molecule has 0 aliphatic heterocycles. The van der Waals surface area contributed by atoms with E-state index in [4.69, 9.17) is 9.15 Å². The minimum Gasteiger partial charge on any atom is -0.423 e. The summed E-state index contributed by atoms with van der Waals surface area (Å²) in [5, 5.41) is 0.872. The van der Waals surface area contributed by atoms with E-state index in [1.807, 2.05) is 32.0 Å². The molecule has 3 aromatic rings. The second-order valence-electron chi connectivity index (χ2n) is 6.92. The first-order valence-electron chi connectivity index (χ1n) is 8.91. The van der Waals surface area contributed by atoms with Gasteiger partial charge in [0.25, 0.3) is 0 Å². The third-order valence-corrected chi connectivity index (χ3v) is 5.01. The summed E-state index contributed by atoms with van der Waals surface area (Å²) in [6.45, 7) is 3.82. The SMILES string of the molecule is Cc1ccc(C(=O)Oc2cc3c4c(c(=O)oc3cc2C)CCCC4)cc1. The highest BCUT2D eigenvalue weighted by molar-refractivity contribution is 5.92. The zero-order chi connectivity index (χ0) is 18.3. The molecule has 1 aliphatic rings. The molecule has 0 spiro atoms. The van der Waals surface area contributed by atoms with Crippen LogP contribution in [0, 0.1) is 13.8 Å². The zero-order valence-electron chi connectivity index (χ0n) is 14.9. The molecule has 0 N–H and O–H groups in total. The van der Waals surface area contributed by atoms with Crippen LogP contribution in [0.15, 0.2) is 45.6 Å². The maximum absolute atomic E-state index is 12.5. The Kier molecular flexibility index (Phi) is 4.11. The number of ether oxygens (including phenoxy) is 1. The summed E-state index contributed by atoms with van der Waals surface area (Å²) < 4.78 is 11.1. The molecular weight excluding hydrogens is 328 g/mol. The molecule has 0 bridgehead atoms. The van der Waals surface area contributed by atoms with Crippen molar-refractivity contribution in [3.05, 3.63) is 74.6 Å². The third-order valence-electron chi connectivity index (χ3n) is 5.01. The van der Waals surface area contributed by atoms with Crippen LogP contribution < -0.4 is 10.4 Å². The summed E-state index contributed by atoms with van der Waals surface area (Å²) in [6, 6.07) is 10.9. The van der Waals surface area contributed by atoms with Gasteiger partial charge in [0.05, 0.1) is 5.56 Å². The molecule has 1 aliphatic carbocycles. The topological polar surface area (TPSA) is 56.5 Å². The van der Waals surface area contributed by atoms with E-state index in [2.05, 4.69) is 0 Å². The second kappa shape index (κ2) is 6.45. The Morgan fingerprint density at radius 3 is 2.42 bits per heavy atom. The fraction of sp³-hybridized carbons (Fsp3) is 0.273. The van der Waals surface area contributed by atoms with Crippen LogP contribution in [0.2, 0.25) is 0 Å². The third kappa shape index (κ3) is 2.92. The molecule has 0 saturated carbocycles. The number of esters is 1. The van der Waals surface area contributed by atoms with Crippen LogP contribution in [-0.4, -0.2) is 5.97 Å². The van der Waals surface area contributed by atoms with Crippen LogP contribution in [0.25, 0.3) is 11.0 Å². The summed E-state index contributed by atoms with van der Waals surface area (Å²) >= 11 is 0. The molecule has 0 atom stereocenters. The lowest BCUT2D eigenvalue weighted by Crippen LogP contribution is -2.16. The molecule has 0 fully saturated rings. The van der Waals surface area contributed by atoms with Gasteiger partial charge < -0.3 is 9.15 Å². The Bertz CT molecular complexity index is 1060. The molecule has 4 rings (SSSR count). The van der Waals surface area contributed by atoms with Crippen LogP contribution in [0.5, 0.6) is 5.75 Å². The number of benzene rings is 2. The number of hydrogen-bond donors (Lipinski definition) is 0. The van der Waals surface area contributed by atoms with Gasteiger partial charge in [-0.25, -0.2) is 9.59 Å². The van der Waals surface area contributed by atoms with Gasteiger partial charge in [0, 0.05) is 10.9 Å². The minimum absolute atomic E-state index is 0.240. The van der Waals surface area contributed by atoms with Gasteiger partial charge in [-0.15, -0.1) is 0 Å².